The molecule has 0 radical (unpaired) electrons. The maximum absolute atomic E-state index is 13.3. The summed E-state index contributed by atoms with van der Waals surface area (Å²) in [4.78, 5) is 26.6. The zero-order valence-corrected chi connectivity index (χ0v) is 26.2. The normalized spacial score (nSPS) is 12.6. The molecule has 0 fully saturated rings. The molecule has 0 aliphatic carbocycles. The predicted octanol–water partition coefficient (Wildman–Crippen LogP) is 9.47. The van der Waals surface area contributed by atoms with Crippen molar-refractivity contribution >= 4 is 43.5 Å². The lowest BCUT2D eigenvalue weighted by atomic mass is 9.85. The van der Waals surface area contributed by atoms with Crippen molar-refractivity contribution in [3.63, 3.8) is 0 Å². The van der Waals surface area contributed by atoms with E-state index in [4.69, 9.17) is 8.83 Å². The highest BCUT2D eigenvalue weighted by atomic mass is 16.4. The Morgan fingerprint density at radius 2 is 0.909 bits per heavy atom. The molecular formula is C39H35NO4. The highest BCUT2D eigenvalue weighted by molar-refractivity contribution is 6.08. The molecule has 0 spiro atoms. The van der Waals surface area contributed by atoms with Gasteiger partial charge in [0.25, 0.3) is 0 Å². The van der Waals surface area contributed by atoms with Gasteiger partial charge in [0, 0.05) is 17.8 Å². The fraction of sp³-hybridized carbons (Fsp3) is 0.231. The molecule has 4 aromatic carbocycles. The number of hydrogen-bond donors (Lipinski definition) is 0. The second-order valence-corrected chi connectivity index (χ2v) is 13.9. The van der Waals surface area contributed by atoms with Gasteiger partial charge in [-0.05, 0) is 79.9 Å². The van der Waals surface area contributed by atoms with E-state index in [-0.39, 0.29) is 10.8 Å². The first kappa shape index (κ1) is 27.9. The Morgan fingerprint density at radius 3 is 1.30 bits per heavy atom. The lowest BCUT2D eigenvalue weighted by molar-refractivity contribution is 0.562. The minimum absolute atomic E-state index is 0.0219. The molecule has 0 N–H and O–H groups in total. The second kappa shape index (κ2) is 9.55. The van der Waals surface area contributed by atoms with Crippen LogP contribution in [0.3, 0.4) is 0 Å². The van der Waals surface area contributed by atoms with E-state index in [1.165, 1.54) is 11.1 Å². The Labute approximate surface area is 255 Å². The van der Waals surface area contributed by atoms with Crippen molar-refractivity contribution in [1.82, 2.24) is 4.57 Å². The topological polar surface area (TPSA) is 65.3 Å². The van der Waals surface area contributed by atoms with Crippen molar-refractivity contribution in [2.75, 3.05) is 0 Å². The van der Waals surface area contributed by atoms with Gasteiger partial charge in [-0.15, -0.1) is 0 Å². The molecule has 3 aromatic heterocycles. The summed E-state index contributed by atoms with van der Waals surface area (Å²) < 4.78 is 13.5. The lowest BCUT2D eigenvalue weighted by Gasteiger charge is -2.19. The number of fused-ring (bicyclic) bond motifs is 6. The Bertz CT molecular complexity index is 2240. The summed E-state index contributed by atoms with van der Waals surface area (Å²) in [5, 5.41) is 5.96. The largest absolute Gasteiger partial charge is 0.422 e. The Balaban J connectivity index is 1.38. The Kier molecular flexibility index (Phi) is 6.06. The maximum Gasteiger partial charge on any atom is 0.345 e. The number of rotatable bonds is 2. The number of hydrogen-bond acceptors (Lipinski definition) is 4. The van der Waals surface area contributed by atoms with Gasteiger partial charge in [0.05, 0.1) is 22.5 Å². The van der Waals surface area contributed by atoms with Crippen molar-refractivity contribution in [2.45, 2.75) is 52.4 Å². The Morgan fingerprint density at radius 1 is 0.500 bits per heavy atom. The van der Waals surface area contributed by atoms with Gasteiger partial charge in [-0.25, -0.2) is 9.59 Å². The summed E-state index contributed by atoms with van der Waals surface area (Å²) in [5.41, 5.74) is 4.94. The first-order valence-corrected chi connectivity index (χ1v) is 15.0. The van der Waals surface area contributed by atoms with E-state index >= 15 is 0 Å². The molecule has 0 aliphatic rings. The number of aromatic nitrogens is 1. The molecule has 0 unspecified atom stereocenters. The summed E-state index contributed by atoms with van der Waals surface area (Å²) in [6.45, 7) is 13.2. The monoisotopic (exact) mass is 581 g/mol. The minimum atomic E-state index is -0.429. The molecular weight excluding hydrogens is 546 g/mol. The average molecular weight is 582 g/mol. The van der Waals surface area contributed by atoms with Crippen LogP contribution in [0.2, 0.25) is 0 Å². The van der Waals surface area contributed by atoms with Crippen LogP contribution in [0.15, 0.2) is 103 Å². The van der Waals surface area contributed by atoms with Gasteiger partial charge in [-0.1, -0.05) is 90.1 Å². The van der Waals surface area contributed by atoms with Crippen molar-refractivity contribution in [1.29, 1.82) is 0 Å². The van der Waals surface area contributed by atoms with Crippen molar-refractivity contribution in [2.24, 2.45) is 7.05 Å². The van der Waals surface area contributed by atoms with Crippen LogP contribution >= 0.6 is 0 Å². The van der Waals surface area contributed by atoms with Crippen LogP contribution < -0.4 is 11.3 Å². The van der Waals surface area contributed by atoms with E-state index in [0.29, 0.717) is 33.7 Å². The van der Waals surface area contributed by atoms with E-state index in [0.717, 1.165) is 32.3 Å². The van der Waals surface area contributed by atoms with Crippen LogP contribution in [0, 0.1) is 0 Å². The maximum atomic E-state index is 13.3. The molecule has 0 amide bonds. The summed E-state index contributed by atoms with van der Waals surface area (Å²) in [6.07, 6.45) is 0. The van der Waals surface area contributed by atoms with Crippen LogP contribution in [0.5, 0.6) is 0 Å². The molecule has 0 aliphatic heterocycles. The van der Waals surface area contributed by atoms with E-state index < -0.39 is 11.3 Å². The van der Waals surface area contributed by atoms with Gasteiger partial charge in [0.2, 0.25) is 0 Å². The van der Waals surface area contributed by atoms with Crippen LogP contribution in [-0.4, -0.2) is 4.57 Å². The van der Waals surface area contributed by atoms with Crippen molar-refractivity contribution in [3.05, 3.63) is 117 Å². The molecule has 5 nitrogen and oxygen atoms in total. The van der Waals surface area contributed by atoms with Crippen molar-refractivity contribution < 1.29 is 8.83 Å². The summed E-state index contributed by atoms with van der Waals surface area (Å²) >= 11 is 0. The van der Waals surface area contributed by atoms with Gasteiger partial charge < -0.3 is 13.4 Å². The first-order valence-electron chi connectivity index (χ1n) is 15.0. The first-order chi connectivity index (χ1) is 20.8. The third-order valence-electron chi connectivity index (χ3n) is 8.87. The fourth-order valence-corrected chi connectivity index (χ4v) is 6.20. The van der Waals surface area contributed by atoms with Gasteiger partial charge in [-0.2, -0.15) is 0 Å². The quantitative estimate of drug-likeness (QED) is 0.151. The van der Waals surface area contributed by atoms with Crippen LogP contribution in [0.25, 0.3) is 66.0 Å². The molecule has 0 bridgehead atoms. The molecule has 0 saturated heterocycles. The minimum Gasteiger partial charge on any atom is -0.422 e. The third-order valence-corrected chi connectivity index (χ3v) is 8.87. The average Bonchev–Trinajstić information content (AvgIpc) is 3.35. The molecule has 0 atom stereocenters. The fourth-order valence-electron chi connectivity index (χ4n) is 6.20. The third kappa shape index (κ3) is 4.46. The van der Waals surface area contributed by atoms with E-state index in [1.807, 2.05) is 60.1 Å². The zero-order chi connectivity index (χ0) is 31.1. The van der Waals surface area contributed by atoms with Crippen LogP contribution in [0.1, 0.15) is 52.7 Å². The van der Waals surface area contributed by atoms with E-state index in [9.17, 15) is 9.59 Å². The molecule has 5 heteroatoms. The molecule has 0 saturated carbocycles. The predicted molar refractivity (Wildman–Crippen MR) is 181 cm³/mol. The smallest absolute Gasteiger partial charge is 0.345 e. The second-order valence-electron chi connectivity index (χ2n) is 13.9. The van der Waals surface area contributed by atoms with E-state index in [1.54, 1.807) is 0 Å². The molecule has 44 heavy (non-hydrogen) atoms. The van der Waals surface area contributed by atoms with Crippen LogP contribution in [0.4, 0.5) is 0 Å². The molecule has 7 aromatic rings. The molecule has 7 rings (SSSR count). The number of nitrogens with zero attached hydrogens (tertiary/aromatic N) is 1. The highest BCUT2D eigenvalue weighted by Gasteiger charge is 2.20. The zero-order valence-electron chi connectivity index (χ0n) is 26.2. The van der Waals surface area contributed by atoms with Gasteiger partial charge in [0.15, 0.2) is 0 Å². The summed E-state index contributed by atoms with van der Waals surface area (Å²) in [5.74, 6) is 0. The Hall–Kier alpha value is -4.90. The summed E-state index contributed by atoms with van der Waals surface area (Å²) in [7, 11) is 1.86. The standard InChI is InChI=1S/C39H35NO4/c1-38(2,3)24-10-12-26-22(18-24)8-16-34-28(26)20-30(36(41)43-34)32-14-15-33(40(32)7)31-21-29-27-13-11-25(39(4,5)6)19-23(27)9-17-35(29)44-37(31)42/h8-21H,1-7H3. The van der Waals surface area contributed by atoms with Crippen LogP contribution in [-0.2, 0) is 17.9 Å². The van der Waals surface area contributed by atoms with Gasteiger partial charge in [-0.3, -0.25) is 0 Å². The lowest BCUT2D eigenvalue weighted by Crippen LogP contribution is -2.11. The highest BCUT2D eigenvalue weighted by Crippen LogP contribution is 2.35. The van der Waals surface area contributed by atoms with Crippen molar-refractivity contribution in [3.8, 4) is 22.5 Å². The molecule has 220 valence electrons. The van der Waals surface area contributed by atoms with Gasteiger partial charge >= 0.3 is 11.3 Å². The SMILES string of the molecule is Cn1c(-c2cc3c(ccc4cc(C(C)(C)C)ccc43)oc2=O)ccc1-c1cc2c(ccc3cc(C(C)(C)C)ccc32)oc1=O. The number of benzene rings is 4. The molecule has 3 heterocycles. The van der Waals surface area contributed by atoms with E-state index in [2.05, 4.69) is 77.9 Å². The van der Waals surface area contributed by atoms with Gasteiger partial charge in [0.1, 0.15) is 11.2 Å². The summed E-state index contributed by atoms with van der Waals surface area (Å²) in [6, 6.07) is 28.1.